The van der Waals surface area contributed by atoms with E-state index >= 15 is 0 Å². The fourth-order valence-corrected chi connectivity index (χ4v) is 2.56. The minimum atomic E-state index is -0.452. The van der Waals surface area contributed by atoms with Gasteiger partial charge in [-0.1, -0.05) is 6.92 Å². The van der Waals surface area contributed by atoms with Gasteiger partial charge >= 0.3 is 6.03 Å². The number of amides is 3. The van der Waals surface area contributed by atoms with E-state index in [0.717, 1.165) is 38.6 Å². The predicted molar refractivity (Wildman–Crippen MR) is 74.7 cm³/mol. The average Bonchev–Trinajstić information content (AvgIpc) is 2.39. The largest absolute Gasteiger partial charge is 0.341 e. The lowest BCUT2D eigenvalue weighted by atomic mass is 9.90. The number of nitrogens with zero attached hydrogens (tertiary/aromatic N) is 1. The Kier molecular flexibility index (Phi) is 6.80. The van der Waals surface area contributed by atoms with E-state index in [1.54, 1.807) is 0 Å². The Labute approximate surface area is 115 Å². The van der Waals surface area contributed by atoms with E-state index in [2.05, 4.69) is 22.5 Å². The van der Waals surface area contributed by atoms with Crippen LogP contribution >= 0.6 is 0 Å². The lowest BCUT2D eigenvalue weighted by Crippen LogP contribution is -2.48. The van der Waals surface area contributed by atoms with Crippen molar-refractivity contribution in [2.24, 2.45) is 5.73 Å². The van der Waals surface area contributed by atoms with E-state index in [1.165, 1.54) is 7.05 Å². The SMILES string of the molecule is CCCN(CC(=O)NC(=O)NC)C1CCC(N)CC1. The maximum Gasteiger partial charge on any atom is 0.321 e. The highest BCUT2D eigenvalue weighted by atomic mass is 16.2. The molecule has 110 valence electrons. The second kappa shape index (κ2) is 8.12. The molecule has 6 nitrogen and oxygen atoms in total. The standard InChI is InChI=1S/C13H26N4O2/c1-3-8-17(9-12(18)16-13(19)15-2)11-6-4-10(14)5-7-11/h10-11H,3-9,14H2,1-2H3,(H2,15,16,18,19). The van der Waals surface area contributed by atoms with Gasteiger partial charge in [0.05, 0.1) is 6.54 Å². The molecule has 0 atom stereocenters. The summed E-state index contributed by atoms with van der Waals surface area (Å²) in [7, 11) is 1.49. The van der Waals surface area contributed by atoms with Gasteiger partial charge in [0, 0.05) is 19.1 Å². The van der Waals surface area contributed by atoms with Crippen LogP contribution in [-0.4, -0.2) is 49.1 Å². The zero-order valence-electron chi connectivity index (χ0n) is 11.9. The first-order valence-electron chi connectivity index (χ1n) is 7.08. The van der Waals surface area contributed by atoms with Crippen molar-refractivity contribution in [1.82, 2.24) is 15.5 Å². The second-order valence-corrected chi connectivity index (χ2v) is 5.17. The Balaban J connectivity index is 2.47. The summed E-state index contributed by atoms with van der Waals surface area (Å²) in [5.74, 6) is -0.248. The van der Waals surface area contributed by atoms with Crippen molar-refractivity contribution in [2.45, 2.75) is 51.1 Å². The molecule has 0 bridgehead atoms. The van der Waals surface area contributed by atoms with Crippen molar-refractivity contribution in [3.8, 4) is 0 Å². The number of imide groups is 1. The average molecular weight is 270 g/mol. The third kappa shape index (κ3) is 5.57. The van der Waals surface area contributed by atoms with Crippen LogP contribution in [0.3, 0.4) is 0 Å². The quantitative estimate of drug-likeness (QED) is 0.676. The molecule has 1 aliphatic rings. The summed E-state index contributed by atoms with van der Waals surface area (Å²) in [5, 5.41) is 4.69. The predicted octanol–water partition coefficient (Wildman–Crippen LogP) is 0.424. The number of nitrogens with one attached hydrogen (secondary N) is 2. The molecule has 6 heteroatoms. The molecule has 0 spiro atoms. The Bertz CT molecular complexity index is 301. The van der Waals surface area contributed by atoms with Crippen molar-refractivity contribution in [3.63, 3.8) is 0 Å². The van der Waals surface area contributed by atoms with Crippen molar-refractivity contribution in [1.29, 1.82) is 0 Å². The third-order valence-corrected chi connectivity index (χ3v) is 3.60. The van der Waals surface area contributed by atoms with E-state index in [1.807, 2.05) is 0 Å². The summed E-state index contributed by atoms with van der Waals surface area (Å²) in [6.45, 7) is 3.25. The molecule has 0 heterocycles. The number of rotatable bonds is 5. The number of hydrogen-bond donors (Lipinski definition) is 3. The van der Waals surface area contributed by atoms with Gasteiger partial charge in [-0.25, -0.2) is 4.79 Å². The molecular formula is C13H26N4O2. The van der Waals surface area contributed by atoms with Crippen LogP contribution in [0.15, 0.2) is 0 Å². The van der Waals surface area contributed by atoms with Crippen molar-refractivity contribution in [3.05, 3.63) is 0 Å². The minimum absolute atomic E-state index is 0.248. The van der Waals surface area contributed by atoms with Crippen molar-refractivity contribution < 1.29 is 9.59 Å². The number of carbonyl (C=O) groups is 2. The van der Waals surface area contributed by atoms with Crippen LogP contribution in [0.25, 0.3) is 0 Å². The number of urea groups is 1. The first-order valence-corrected chi connectivity index (χ1v) is 7.08. The molecular weight excluding hydrogens is 244 g/mol. The van der Waals surface area contributed by atoms with Gasteiger partial charge in [0.15, 0.2) is 0 Å². The van der Waals surface area contributed by atoms with Crippen LogP contribution < -0.4 is 16.4 Å². The Morgan fingerprint density at radius 1 is 1.26 bits per heavy atom. The summed E-state index contributed by atoms with van der Waals surface area (Å²) in [5.41, 5.74) is 5.91. The highest BCUT2D eigenvalue weighted by Crippen LogP contribution is 2.22. The number of carbonyl (C=O) groups excluding carboxylic acids is 2. The third-order valence-electron chi connectivity index (χ3n) is 3.60. The Hall–Kier alpha value is -1.14. The molecule has 0 radical (unpaired) electrons. The van der Waals surface area contributed by atoms with Crippen molar-refractivity contribution >= 4 is 11.9 Å². The van der Waals surface area contributed by atoms with Gasteiger partial charge in [0.25, 0.3) is 0 Å². The van der Waals surface area contributed by atoms with E-state index in [4.69, 9.17) is 5.73 Å². The second-order valence-electron chi connectivity index (χ2n) is 5.17. The number of hydrogen-bond acceptors (Lipinski definition) is 4. The zero-order chi connectivity index (χ0) is 14.3. The Morgan fingerprint density at radius 2 is 1.89 bits per heavy atom. The summed E-state index contributed by atoms with van der Waals surface area (Å²) in [4.78, 5) is 25.0. The summed E-state index contributed by atoms with van der Waals surface area (Å²) in [6, 6.07) is 0.265. The van der Waals surface area contributed by atoms with Gasteiger partial charge < -0.3 is 11.1 Å². The number of nitrogens with two attached hydrogens (primary N) is 1. The smallest absolute Gasteiger partial charge is 0.321 e. The van der Waals surface area contributed by atoms with Crippen LogP contribution in [0.1, 0.15) is 39.0 Å². The molecule has 1 fully saturated rings. The van der Waals surface area contributed by atoms with Crippen LogP contribution in [0.2, 0.25) is 0 Å². The first-order chi connectivity index (χ1) is 9.06. The van der Waals surface area contributed by atoms with Gasteiger partial charge in [-0.15, -0.1) is 0 Å². The molecule has 1 rings (SSSR count). The molecule has 0 saturated heterocycles. The maximum atomic E-state index is 11.8. The summed E-state index contributed by atoms with van der Waals surface area (Å²) < 4.78 is 0. The summed E-state index contributed by atoms with van der Waals surface area (Å²) >= 11 is 0. The van der Waals surface area contributed by atoms with Gasteiger partial charge in [-0.3, -0.25) is 15.0 Å². The van der Waals surface area contributed by atoms with Gasteiger partial charge in [0.2, 0.25) is 5.91 Å². The van der Waals surface area contributed by atoms with Crippen molar-refractivity contribution in [2.75, 3.05) is 20.1 Å². The van der Waals surface area contributed by atoms with E-state index in [-0.39, 0.29) is 12.5 Å². The van der Waals surface area contributed by atoms with Crippen LogP contribution in [-0.2, 0) is 4.79 Å². The molecule has 3 amide bonds. The topological polar surface area (TPSA) is 87.5 Å². The van der Waals surface area contributed by atoms with Gasteiger partial charge in [-0.2, -0.15) is 0 Å². The highest BCUT2D eigenvalue weighted by molar-refractivity contribution is 5.95. The van der Waals surface area contributed by atoms with Crippen LogP contribution in [0.5, 0.6) is 0 Å². The molecule has 4 N–H and O–H groups in total. The minimum Gasteiger partial charge on any atom is -0.341 e. The Morgan fingerprint density at radius 3 is 2.42 bits per heavy atom. The molecule has 0 aliphatic heterocycles. The lowest BCUT2D eigenvalue weighted by molar-refractivity contribution is -0.121. The van der Waals surface area contributed by atoms with E-state index in [0.29, 0.717) is 12.1 Å². The highest BCUT2D eigenvalue weighted by Gasteiger charge is 2.25. The van der Waals surface area contributed by atoms with E-state index in [9.17, 15) is 9.59 Å². The summed E-state index contributed by atoms with van der Waals surface area (Å²) in [6.07, 6.45) is 5.10. The van der Waals surface area contributed by atoms with Gasteiger partial charge in [-0.05, 0) is 38.6 Å². The van der Waals surface area contributed by atoms with E-state index < -0.39 is 6.03 Å². The maximum absolute atomic E-state index is 11.8. The molecule has 19 heavy (non-hydrogen) atoms. The molecule has 0 aromatic heterocycles. The molecule has 1 aliphatic carbocycles. The van der Waals surface area contributed by atoms with Gasteiger partial charge in [0.1, 0.15) is 0 Å². The first kappa shape index (κ1) is 15.9. The molecule has 1 saturated carbocycles. The fourth-order valence-electron chi connectivity index (χ4n) is 2.56. The van der Waals surface area contributed by atoms with Crippen LogP contribution in [0, 0.1) is 0 Å². The molecule has 0 unspecified atom stereocenters. The normalized spacial score (nSPS) is 23.2. The zero-order valence-corrected chi connectivity index (χ0v) is 11.9. The molecule has 0 aromatic rings. The fraction of sp³-hybridized carbons (Fsp3) is 0.846. The lowest BCUT2D eigenvalue weighted by Gasteiger charge is -2.35. The van der Waals surface area contributed by atoms with Crippen LogP contribution in [0.4, 0.5) is 4.79 Å². The molecule has 0 aromatic carbocycles. The monoisotopic (exact) mass is 270 g/mol.